The number of hydrogen-bond donors (Lipinski definition) is 2. The maximum absolute atomic E-state index is 10.9. The van der Waals surface area contributed by atoms with E-state index in [1.54, 1.807) is 24.3 Å². The molecule has 0 atom stereocenters. The van der Waals surface area contributed by atoms with Gasteiger partial charge in [-0.15, -0.1) is 0 Å². The number of benzene rings is 1. The van der Waals surface area contributed by atoms with Gasteiger partial charge in [-0.1, -0.05) is 22.8 Å². The first-order valence-corrected chi connectivity index (χ1v) is 3.84. The molecule has 0 aliphatic rings. The molecule has 0 saturated carbocycles. The summed E-state index contributed by atoms with van der Waals surface area (Å²) in [6.45, 7) is 0. The summed E-state index contributed by atoms with van der Waals surface area (Å²) in [6.07, 6.45) is 0.765. The smallest absolute Gasteiger partial charge is 0.270 e. The molecule has 2 N–H and O–H groups in total. The molecule has 5 heteroatoms. The number of rotatable bonds is 2. The molecule has 68 valence electrons. The molecule has 0 saturated heterocycles. The van der Waals surface area contributed by atoms with Crippen molar-refractivity contribution in [2.24, 2.45) is 5.16 Å². The third-order valence-corrected chi connectivity index (χ3v) is 1.50. The third-order valence-electron chi connectivity index (χ3n) is 1.27. The van der Waals surface area contributed by atoms with Gasteiger partial charge in [0.25, 0.3) is 5.91 Å². The Balaban J connectivity index is 2.69. The van der Waals surface area contributed by atoms with E-state index < -0.39 is 5.91 Å². The van der Waals surface area contributed by atoms with E-state index in [0.717, 1.165) is 6.21 Å². The summed E-state index contributed by atoms with van der Waals surface area (Å²) in [4.78, 5) is 10.9. The predicted octanol–water partition coefficient (Wildman–Crippen LogP) is 1.74. The quantitative estimate of drug-likeness (QED) is 0.432. The first-order chi connectivity index (χ1) is 6.22. The van der Waals surface area contributed by atoms with Crippen LogP contribution >= 0.6 is 11.6 Å². The molecule has 0 aliphatic carbocycles. The second kappa shape index (κ2) is 4.47. The van der Waals surface area contributed by atoms with Crippen LogP contribution in [0.25, 0.3) is 0 Å². The van der Waals surface area contributed by atoms with Crippen molar-refractivity contribution in [2.45, 2.75) is 0 Å². The first kappa shape index (κ1) is 9.54. The van der Waals surface area contributed by atoms with Crippen molar-refractivity contribution < 1.29 is 10.0 Å². The minimum Gasteiger partial charge on any atom is -0.411 e. The lowest BCUT2D eigenvalue weighted by atomic mass is 10.3. The van der Waals surface area contributed by atoms with Crippen molar-refractivity contribution in [1.29, 1.82) is 0 Å². The van der Waals surface area contributed by atoms with Gasteiger partial charge < -0.3 is 10.5 Å². The fourth-order valence-electron chi connectivity index (χ4n) is 0.793. The molecule has 0 unspecified atom stereocenters. The summed E-state index contributed by atoms with van der Waals surface area (Å²) < 4.78 is 0. The SMILES string of the molecule is O=C(/C=N\O)Nc1cccc(Cl)c1. The standard InChI is InChI=1S/C8H7ClN2O2/c9-6-2-1-3-7(4-6)11-8(12)5-10-13/h1-5,13H,(H,11,12)/b10-5-. The fraction of sp³-hybridized carbons (Fsp3) is 0. The van der Waals surface area contributed by atoms with E-state index >= 15 is 0 Å². The van der Waals surface area contributed by atoms with Gasteiger partial charge in [-0.3, -0.25) is 4.79 Å². The number of nitrogens with zero attached hydrogens (tertiary/aromatic N) is 1. The van der Waals surface area contributed by atoms with Crippen LogP contribution in [0.3, 0.4) is 0 Å². The largest absolute Gasteiger partial charge is 0.411 e. The Morgan fingerprint density at radius 1 is 1.62 bits per heavy atom. The molecule has 0 heterocycles. The molecular formula is C8H7ClN2O2. The lowest BCUT2D eigenvalue weighted by molar-refractivity contribution is -0.110. The zero-order chi connectivity index (χ0) is 9.68. The third kappa shape index (κ3) is 3.13. The summed E-state index contributed by atoms with van der Waals surface area (Å²) in [5.41, 5.74) is 0.553. The maximum atomic E-state index is 10.9. The summed E-state index contributed by atoms with van der Waals surface area (Å²) in [5.74, 6) is -0.509. The van der Waals surface area contributed by atoms with Crippen LogP contribution in [-0.2, 0) is 4.79 Å². The lowest BCUT2D eigenvalue weighted by Crippen LogP contribution is -2.12. The topological polar surface area (TPSA) is 61.7 Å². The van der Waals surface area contributed by atoms with Gasteiger partial charge in [-0.2, -0.15) is 0 Å². The zero-order valence-electron chi connectivity index (χ0n) is 6.57. The molecule has 1 aromatic rings. The van der Waals surface area contributed by atoms with Crippen molar-refractivity contribution >= 4 is 29.4 Å². The Morgan fingerprint density at radius 3 is 3.00 bits per heavy atom. The second-order valence-corrected chi connectivity index (χ2v) is 2.68. The number of amides is 1. The van der Waals surface area contributed by atoms with Crippen LogP contribution in [0.1, 0.15) is 0 Å². The first-order valence-electron chi connectivity index (χ1n) is 3.46. The van der Waals surface area contributed by atoms with Crippen LogP contribution < -0.4 is 5.32 Å². The molecular weight excluding hydrogens is 192 g/mol. The van der Waals surface area contributed by atoms with Crippen molar-refractivity contribution in [3.8, 4) is 0 Å². The number of halogens is 1. The van der Waals surface area contributed by atoms with E-state index in [-0.39, 0.29) is 0 Å². The average Bonchev–Trinajstić information content (AvgIpc) is 2.04. The van der Waals surface area contributed by atoms with Crippen molar-refractivity contribution in [3.63, 3.8) is 0 Å². The Kier molecular flexibility index (Phi) is 3.28. The van der Waals surface area contributed by atoms with E-state index in [0.29, 0.717) is 10.7 Å². The van der Waals surface area contributed by atoms with Gasteiger partial charge in [0.15, 0.2) is 0 Å². The summed E-state index contributed by atoms with van der Waals surface area (Å²) in [5, 5.41) is 13.6. The second-order valence-electron chi connectivity index (χ2n) is 2.24. The van der Waals surface area contributed by atoms with Gasteiger partial charge in [0.1, 0.15) is 6.21 Å². The summed E-state index contributed by atoms with van der Waals surface area (Å²) >= 11 is 5.67. The van der Waals surface area contributed by atoms with Crippen LogP contribution in [0.5, 0.6) is 0 Å². The Hall–Kier alpha value is -1.55. The number of hydrogen-bond acceptors (Lipinski definition) is 3. The van der Waals surface area contributed by atoms with Gasteiger partial charge in [0.2, 0.25) is 0 Å². The lowest BCUT2D eigenvalue weighted by Gasteiger charge is -2.00. The summed E-state index contributed by atoms with van der Waals surface area (Å²) in [6, 6.07) is 6.66. The molecule has 13 heavy (non-hydrogen) atoms. The van der Waals surface area contributed by atoms with Gasteiger partial charge in [-0.05, 0) is 18.2 Å². The molecule has 0 fully saturated rings. The van der Waals surface area contributed by atoms with Crippen LogP contribution in [-0.4, -0.2) is 17.3 Å². The van der Waals surface area contributed by atoms with Crippen LogP contribution in [0, 0.1) is 0 Å². The highest BCUT2D eigenvalue weighted by atomic mass is 35.5. The molecule has 0 radical (unpaired) electrons. The van der Waals surface area contributed by atoms with E-state index in [4.69, 9.17) is 16.8 Å². The fourth-order valence-corrected chi connectivity index (χ4v) is 0.983. The molecule has 1 amide bonds. The molecule has 1 aromatic carbocycles. The van der Waals surface area contributed by atoms with Gasteiger partial charge >= 0.3 is 0 Å². The minimum atomic E-state index is -0.509. The number of oxime groups is 1. The van der Waals surface area contributed by atoms with Crippen LogP contribution in [0.15, 0.2) is 29.4 Å². The monoisotopic (exact) mass is 198 g/mol. The highest BCUT2D eigenvalue weighted by Crippen LogP contribution is 2.14. The number of carbonyl (C=O) groups is 1. The van der Waals surface area contributed by atoms with Crippen molar-refractivity contribution in [2.75, 3.05) is 5.32 Å². The molecule has 0 spiro atoms. The normalized spacial score (nSPS) is 10.2. The van der Waals surface area contributed by atoms with Crippen LogP contribution in [0.4, 0.5) is 5.69 Å². The minimum absolute atomic E-state index is 0.509. The highest BCUT2D eigenvalue weighted by molar-refractivity contribution is 6.32. The molecule has 0 aliphatic heterocycles. The van der Waals surface area contributed by atoms with Crippen LogP contribution in [0.2, 0.25) is 5.02 Å². The van der Waals surface area contributed by atoms with Crippen molar-refractivity contribution in [3.05, 3.63) is 29.3 Å². The summed E-state index contributed by atoms with van der Waals surface area (Å²) in [7, 11) is 0. The zero-order valence-corrected chi connectivity index (χ0v) is 7.32. The number of nitrogens with one attached hydrogen (secondary N) is 1. The molecule has 1 rings (SSSR count). The van der Waals surface area contributed by atoms with E-state index in [9.17, 15) is 4.79 Å². The molecule has 0 bridgehead atoms. The average molecular weight is 199 g/mol. The van der Waals surface area contributed by atoms with Gasteiger partial charge in [-0.25, -0.2) is 0 Å². The Morgan fingerprint density at radius 2 is 2.38 bits per heavy atom. The highest BCUT2D eigenvalue weighted by Gasteiger charge is 1.98. The predicted molar refractivity (Wildman–Crippen MR) is 50.4 cm³/mol. The van der Waals surface area contributed by atoms with E-state index in [1.165, 1.54) is 0 Å². The number of carbonyl (C=O) groups excluding carboxylic acids is 1. The molecule has 0 aromatic heterocycles. The Labute approximate surface area is 79.8 Å². The van der Waals surface area contributed by atoms with Crippen molar-refractivity contribution in [1.82, 2.24) is 0 Å². The van der Waals surface area contributed by atoms with E-state index in [2.05, 4.69) is 10.5 Å². The van der Waals surface area contributed by atoms with Gasteiger partial charge in [0, 0.05) is 10.7 Å². The number of anilines is 1. The van der Waals surface area contributed by atoms with Gasteiger partial charge in [0.05, 0.1) is 0 Å². The molecule has 4 nitrogen and oxygen atoms in total. The Bertz CT molecular complexity index is 339. The maximum Gasteiger partial charge on any atom is 0.270 e. The van der Waals surface area contributed by atoms with E-state index in [1.807, 2.05) is 0 Å².